The molecule has 4 rings (SSSR count). The van der Waals surface area contributed by atoms with Crippen LogP contribution >= 0.6 is 0 Å². The standard InChI is InChI=1S/C18H21N7O/c1-11-10-19-24(12(2)14-7-8-14)17(11)20-18(26)15-5-4-6-16(9-15)25-13(3)21-22-23-25/h4-6,9-10,12,14H,7-8H2,1-3H3,(H,20,26)/t12-/m0/s1. The van der Waals surface area contributed by atoms with Crippen LogP contribution in [0.2, 0.25) is 0 Å². The van der Waals surface area contributed by atoms with Crippen molar-refractivity contribution in [2.45, 2.75) is 39.7 Å². The molecule has 1 saturated carbocycles. The van der Waals surface area contributed by atoms with Crippen LogP contribution in [0, 0.1) is 19.8 Å². The Balaban J connectivity index is 1.60. The van der Waals surface area contributed by atoms with Crippen LogP contribution in [0.3, 0.4) is 0 Å². The van der Waals surface area contributed by atoms with Gasteiger partial charge in [0.05, 0.1) is 17.9 Å². The quantitative estimate of drug-likeness (QED) is 0.763. The fraction of sp³-hybridized carbons (Fsp3) is 0.389. The van der Waals surface area contributed by atoms with Gasteiger partial charge in [-0.1, -0.05) is 6.07 Å². The zero-order valence-electron chi connectivity index (χ0n) is 15.0. The predicted octanol–water partition coefficient (Wildman–Crippen LogP) is 2.70. The SMILES string of the molecule is Cc1cnn([C@@H](C)C2CC2)c1NC(=O)c1cccc(-n2nnnc2C)c1. The number of amides is 1. The van der Waals surface area contributed by atoms with Crippen LogP contribution in [-0.4, -0.2) is 35.9 Å². The molecule has 134 valence electrons. The van der Waals surface area contributed by atoms with Crippen molar-refractivity contribution in [3.8, 4) is 5.69 Å². The summed E-state index contributed by atoms with van der Waals surface area (Å²) in [6.45, 7) is 5.92. The van der Waals surface area contributed by atoms with Crippen LogP contribution < -0.4 is 5.32 Å². The number of rotatable bonds is 5. The van der Waals surface area contributed by atoms with E-state index in [9.17, 15) is 4.79 Å². The first kappa shape index (κ1) is 16.4. The molecule has 1 aromatic carbocycles. The van der Waals surface area contributed by atoms with Crippen molar-refractivity contribution in [1.82, 2.24) is 30.0 Å². The summed E-state index contributed by atoms with van der Waals surface area (Å²) in [7, 11) is 0. The number of aromatic nitrogens is 6. The van der Waals surface area contributed by atoms with E-state index in [0.29, 0.717) is 17.3 Å². The highest BCUT2D eigenvalue weighted by Crippen LogP contribution is 2.40. The maximum atomic E-state index is 12.8. The number of hydrogen-bond acceptors (Lipinski definition) is 5. The Labute approximate surface area is 151 Å². The van der Waals surface area contributed by atoms with Gasteiger partial charge in [-0.25, -0.2) is 4.68 Å². The number of benzene rings is 1. The van der Waals surface area contributed by atoms with Crippen molar-refractivity contribution in [2.75, 3.05) is 5.32 Å². The van der Waals surface area contributed by atoms with Gasteiger partial charge in [-0.2, -0.15) is 9.78 Å². The summed E-state index contributed by atoms with van der Waals surface area (Å²) in [5.74, 6) is 1.90. The molecule has 0 saturated heterocycles. The summed E-state index contributed by atoms with van der Waals surface area (Å²) in [6, 6.07) is 7.53. The lowest BCUT2D eigenvalue weighted by atomic mass is 10.2. The van der Waals surface area contributed by atoms with Crippen LogP contribution in [0.5, 0.6) is 0 Å². The Morgan fingerprint density at radius 1 is 1.31 bits per heavy atom. The fourth-order valence-corrected chi connectivity index (χ4v) is 3.12. The van der Waals surface area contributed by atoms with E-state index >= 15 is 0 Å². The summed E-state index contributed by atoms with van der Waals surface area (Å²) in [5, 5.41) is 19.0. The molecular formula is C18H21N7O. The number of hydrogen-bond donors (Lipinski definition) is 1. The molecule has 1 fully saturated rings. The normalized spacial score (nSPS) is 15.0. The van der Waals surface area contributed by atoms with Crippen molar-refractivity contribution in [3.05, 3.63) is 47.4 Å². The number of tetrazole rings is 1. The van der Waals surface area contributed by atoms with Gasteiger partial charge in [-0.3, -0.25) is 4.79 Å². The van der Waals surface area contributed by atoms with E-state index in [1.807, 2.05) is 30.7 Å². The Kier molecular flexibility index (Phi) is 4.02. The topological polar surface area (TPSA) is 90.5 Å². The van der Waals surface area contributed by atoms with E-state index < -0.39 is 0 Å². The van der Waals surface area contributed by atoms with E-state index in [0.717, 1.165) is 17.1 Å². The first-order valence-corrected chi connectivity index (χ1v) is 8.75. The van der Waals surface area contributed by atoms with E-state index in [2.05, 4.69) is 32.9 Å². The molecule has 26 heavy (non-hydrogen) atoms. The van der Waals surface area contributed by atoms with Gasteiger partial charge in [0.1, 0.15) is 5.82 Å². The number of anilines is 1. The molecule has 1 amide bonds. The average molecular weight is 351 g/mol. The monoisotopic (exact) mass is 351 g/mol. The molecule has 0 spiro atoms. The molecule has 3 aromatic rings. The average Bonchev–Trinajstić information content (AvgIpc) is 3.32. The van der Waals surface area contributed by atoms with Crippen LogP contribution in [-0.2, 0) is 0 Å². The molecule has 1 N–H and O–H groups in total. The third-order valence-electron chi connectivity index (χ3n) is 4.88. The van der Waals surface area contributed by atoms with Gasteiger partial charge in [0.15, 0.2) is 5.82 Å². The van der Waals surface area contributed by atoms with Gasteiger partial charge in [0.2, 0.25) is 0 Å². The third kappa shape index (κ3) is 2.98. The molecule has 0 aliphatic heterocycles. The smallest absolute Gasteiger partial charge is 0.256 e. The lowest BCUT2D eigenvalue weighted by Crippen LogP contribution is -2.19. The van der Waals surface area contributed by atoms with E-state index in [1.165, 1.54) is 12.8 Å². The highest BCUT2D eigenvalue weighted by Gasteiger charge is 2.31. The van der Waals surface area contributed by atoms with Crippen LogP contribution in [0.4, 0.5) is 5.82 Å². The maximum absolute atomic E-state index is 12.8. The van der Waals surface area contributed by atoms with Crippen molar-refractivity contribution >= 4 is 11.7 Å². The van der Waals surface area contributed by atoms with Gasteiger partial charge in [0.25, 0.3) is 5.91 Å². The number of nitrogens with zero attached hydrogens (tertiary/aromatic N) is 6. The number of carbonyl (C=O) groups excluding carboxylic acids is 1. The fourth-order valence-electron chi connectivity index (χ4n) is 3.12. The second-order valence-electron chi connectivity index (χ2n) is 6.84. The van der Waals surface area contributed by atoms with Crippen LogP contribution in [0.25, 0.3) is 5.69 Å². The lowest BCUT2D eigenvalue weighted by Gasteiger charge is -2.16. The summed E-state index contributed by atoms with van der Waals surface area (Å²) >= 11 is 0. The zero-order chi connectivity index (χ0) is 18.3. The van der Waals surface area contributed by atoms with Crippen molar-refractivity contribution in [3.63, 3.8) is 0 Å². The summed E-state index contributed by atoms with van der Waals surface area (Å²) in [6.07, 6.45) is 4.25. The molecule has 8 heteroatoms. The summed E-state index contributed by atoms with van der Waals surface area (Å²) in [4.78, 5) is 12.8. The van der Waals surface area contributed by atoms with Crippen molar-refractivity contribution < 1.29 is 4.79 Å². The predicted molar refractivity (Wildman–Crippen MR) is 96.2 cm³/mol. The summed E-state index contributed by atoms with van der Waals surface area (Å²) < 4.78 is 3.53. The molecule has 2 heterocycles. The second-order valence-corrected chi connectivity index (χ2v) is 6.84. The minimum atomic E-state index is -0.176. The Morgan fingerprint density at radius 2 is 2.12 bits per heavy atom. The molecule has 0 bridgehead atoms. The Bertz CT molecular complexity index is 954. The summed E-state index contributed by atoms with van der Waals surface area (Å²) in [5.41, 5.74) is 2.25. The molecule has 0 radical (unpaired) electrons. The molecule has 8 nitrogen and oxygen atoms in total. The number of nitrogens with one attached hydrogen (secondary N) is 1. The highest BCUT2D eigenvalue weighted by molar-refractivity contribution is 6.04. The molecule has 1 atom stereocenters. The lowest BCUT2D eigenvalue weighted by molar-refractivity contribution is 0.102. The molecule has 0 unspecified atom stereocenters. The van der Waals surface area contributed by atoms with E-state index in [4.69, 9.17) is 0 Å². The molecule has 1 aliphatic rings. The van der Waals surface area contributed by atoms with Gasteiger partial charge in [-0.15, -0.1) is 5.10 Å². The minimum absolute atomic E-state index is 0.176. The van der Waals surface area contributed by atoms with Gasteiger partial charge in [-0.05, 0) is 68.2 Å². The van der Waals surface area contributed by atoms with Crippen LogP contribution in [0.15, 0.2) is 30.5 Å². The highest BCUT2D eigenvalue weighted by atomic mass is 16.1. The van der Waals surface area contributed by atoms with E-state index in [1.54, 1.807) is 23.0 Å². The first-order valence-electron chi connectivity index (χ1n) is 8.75. The van der Waals surface area contributed by atoms with Gasteiger partial charge < -0.3 is 5.32 Å². The van der Waals surface area contributed by atoms with Crippen molar-refractivity contribution in [2.24, 2.45) is 5.92 Å². The molecule has 2 aromatic heterocycles. The van der Waals surface area contributed by atoms with Crippen molar-refractivity contribution in [1.29, 1.82) is 0 Å². The van der Waals surface area contributed by atoms with E-state index in [-0.39, 0.29) is 11.9 Å². The third-order valence-corrected chi connectivity index (χ3v) is 4.88. The van der Waals surface area contributed by atoms with Gasteiger partial charge >= 0.3 is 0 Å². The maximum Gasteiger partial charge on any atom is 0.256 e. The Morgan fingerprint density at radius 3 is 2.81 bits per heavy atom. The number of carbonyl (C=O) groups is 1. The minimum Gasteiger partial charge on any atom is -0.307 e. The molecule has 1 aliphatic carbocycles. The largest absolute Gasteiger partial charge is 0.307 e. The zero-order valence-corrected chi connectivity index (χ0v) is 15.0. The Hall–Kier alpha value is -3.03. The first-order chi connectivity index (χ1) is 12.5. The number of aryl methyl sites for hydroxylation is 2. The second kappa shape index (κ2) is 6.36. The van der Waals surface area contributed by atoms with Gasteiger partial charge in [0, 0.05) is 11.1 Å². The molecular weight excluding hydrogens is 330 g/mol. The van der Waals surface area contributed by atoms with Crippen LogP contribution in [0.1, 0.15) is 47.6 Å².